The van der Waals surface area contributed by atoms with E-state index in [0.29, 0.717) is 39.7 Å². The summed E-state index contributed by atoms with van der Waals surface area (Å²) in [6.45, 7) is 5.42. The van der Waals surface area contributed by atoms with Crippen LogP contribution in [0.4, 0.5) is 0 Å². The van der Waals surface area contributed by atoms with E-state index in [4.69, 9.17) is 14.2 Å². The van der Waals surface area contributed by atoms with Crippen molar-refractivity contribution in [3.8, 4) is 17.2 Å². The topological polar surface area (TPSA) is 61.8 Å². The molecule has 25 heavy (non-hydrogen) atoms. The lowest BCUT2D eigenvalue weighted by Crippen LogP contribution is -2.10. The van der Waals surface area contributed by atoms with E-state index in [1.807, 2.05) is 13.8 Å². The zero-order chi connectivity index (χ0) is 18.1. The summed E-state index contributed by atoms with van der Waals surface area (Å²) < 4.78 is 16.3. The van der Waals surface area contributed by atoms with Crippen molar-refractivity contribution in [1.29, 1.82) is 0 Å². The number of ether oxygens (including phenoxy) is 3. The summed E-state index contributed by atoms with van der Waals surface area (Å²) in [5.74, 6) is 0.799. The van der Waals surface area contributed by atoms with Gasteiger partial charge in [-0.25, -0.2) is 4.79 Å². The van der Waals surface area contributed by atoms with Crippen LogP contribution in [0.1, 0.15) is 40.1 Å². The zero-order valence-electron chi connectivity index (χ0n) is 14.5. The minimum Gasteiger partial charge on any atom is -0.496 e. The molecule has 1 aliphatic heterocycles. The molecule has 2 aromatic carbocycles. The molecular weight excluding hydrogens is 320 g/mol. The first-order valence-electron chi connectivity index (χ1n) is 7.82. The highest BCUT2D eigenvalue weighted by atomic mass is 16.5. The Morgan fingerprint density at radius 1 is 1.12 bits per heavy atom. The van der Waals surface area contributed by atoms with Crippen LogP contribution in [-0.4, -0.2) is 18.9 Å². The quantitative estimate of drug-likeness (QED) is 0.479. The lowest BCUT2D eigenvalue weighted by molar-refractivity contribution is 0.0731. The number of aryl methyl sites for hydroxylation is 1. The fraction of sp³-hybridized carbons (Fsp3) is 0.200. The van der Waals surface area contributed by atoms with Gasteiger partial charge >= 0.3 is 5.97 Å². The molecule has 0 bridgehead atoms. The van der Waals surface area contributed by atoms with Gasteiger partial charge < -0.3 is 14.2 Å². The molecule has 3 rings (SSSR count). The van der Waals surface area contributed by atoms with E-state index in [2.05, 4.69) is 0 Å². The van der Waals surface area contributed by atoms with Gasteiger partial charge in [-0.3, -0.25) is 4.79 Å². The van der Waals surface area contributed by atoms with Gasteiger partial charge in [-0.15, -0.1) is 0 Å². The molecule has 0 aromatic heterocycles. The highest BCUT2D eigenvalue weighted by molar-refractivity contribution is 6.13. The lowest BCUT2D eigenvalue weighted by Gasteiger charge is -2.10. The maximum Gasteiger partial charge on any atom is 0.347 e. The molecule has 5 nitrogen and oxygen atoms in total. The molecule has 1 heterocycles. The molecule has 2 aromatic rings. The lowest BCUT2D eigenvalue weighted by atomic mass is 10.0. The van der Waals surface area contributed by atoms with E-state index >= 15 is 0 Å². The fourth-order valence-electron chi connectivity index (χ4n) is 2.73. The van der Waals surface area contributed by atoms with Gasteiger partial charge in [0, 0.05) is 6.07 Å². The Hall–Kier alpha value is -3.08. The van der Waals surface area contributed by atoms with E-state index in [9.17, 15) is 9.59 Å². The SMILES string of the molecule is COc1ccccc1C(=O)Oc1cc(C)c2c(c1)OC(=C(C)C)C2=O. The predicted molar refractivity (Wildman–Crippen MR) is 92.5 cm³/mol. The number of methoxy groups -OCH3 is 1. The molecule has 5 heteroatoms. The van der Waals surface area contributed by atoms with Crippen molar-refractivity contribution in [1.82, 2.24) is 0 Å². The number of hydrogen-bond donors (Lipinski definition) is 0. The Labute approximate surface area is 145 Å². The smallest absolute Gasteiger partial charge is 0.347 e. The van der Waals surface area contributed by atoms with Crippen molar-refractivity contribution < 1.29 is 23.8 Å². The van der Waals surface area contributed by atoms with Gasteiger partial charge in [-0.1, -0.05) is 12.1 Å². The van der Waals surface area contributed by atoms with Gasteiger partial charge in [0.1, 0.15) is 22.8 Å². The maximum absolute atomic E-state index is 12.4. The van der Waals surface area contributed by atoms with Gasteiger partial charge in [0.25, 0.3) is 0 Å². The minimum atomic E-state index is -0.538. The summed E-state index contributed by atoms with van der Waals surface area (Å²) in [6.07, 6.45) is 0. The molecule has 0 saturated heterocycles. The van der Waals surface area contributed by atoms with E-state index in [0.717, 1.165) is 5.57 Å². The average molecular weight is 338 g/mol. The molecule has 0 N–H and O–H groups in total. The first kappa shape index (κ1) is 16.8. The Morgan fingerprint density at radius 2 is 1.84 bits per heavy atom. The molecule has 0 unspecified atom stereocenters. The number of para-hydroxylation sites is 1. The monoisotopic (exact) mass is 338 g/mol. The molecule has 0 saturated carbocycles. The number of benzene rings is 2. The molecular formula is C20H18O5. The molecule has 0 fully saturated rings. The fourth-order valence-corrected chi connectivity index (χ4v) is 2.73. The second kappa shape index (κ2) is 6.43. The molecule has 0 atom stereocenters. The highest BCUT2D eigenvalue weighted by Crippen LogP contribution is 2.38. The number of ketones is 1. The summed E-state index contributed by atoms with van der Waals surface area (Å²) in [4.78, 5) is 24.8. The van der Waals surface area contributed by atoms with Crippen LogP contribution in [0.25, 0.3) is 0 Å². The van der Waals surface area contributed by atoms with Crippen LogP contribution in [-0.2, 0) is 0 Å². The first-order valence-corrected chi connectivity index (χ1v) is 7.82. The van der Waals surface area contributed by atoms with Gasteiger partial charge in [-0.2, -0.15) is 0 Å². The molecule has 128 valence electrons. The van der Waals surface area contributed by atoms with Gasteiger partial charge in [0.2, 0.25) is 5.78 Å². The van der Waals surface area contributed by atoms with Crippen molar-refractivity contribution >= 4 is 11.8 Å². The van der Waals surface area contributed by atoms with Crippen LogP contribution < -0.4 is 14.2 Å². The van der Waals surface area contributed by atoms with Crippen molar-refractivity contribution in [2.75, 3.05) is 7.11 Å². The molecule has 0 aliphatic carbocycles. The molecule has 0 amide bonds. The number of Topliss-reactive ketones (excluding diaryl/α,β-unsaturated/α-hetero) is 1. The number of carbonyl (C=O) groups excluding carboxylic acids is 2. The number of esters is 1. The summed E-state index contributed by atoms with van der Waals surface area (Å²) in [5, 5.41) is 0. The van der Waals surface area contributed by atoms with Crippen LogP contribution in [0.2, 0.25) is 0 Å². The number of rotatable bonds is 3. The second-order valence-electron chi connectivity index (χ2n) is 5.96. The van der Waals surface area contributed by atoms with Crippen molar-refractivity contribution in [2.24, 2.45) is 0 Å². The third-order valence-corrected chi connectivity index (χ3v) is 3.91. The predicted octanol–water partition coefficient (Wildman–Crippen LogP) is 4.09. The maximum atomic E-state index is 12.4. The van der Waals surface area contributed by atoms with Gasteiger partial charge in [0.15, 0.2) is 5.76 Å². The second-order valence-corrected chi connectivity index (χ2v) is 5.96. The summed E-state index contributed by atoms with van der Waals surface area (Å²) in [6, 6.07) is 10.0. The van der Waals surface area contributed by atoms with Crippen LogP contribution in [0.3, 0.4) is 0 Å². The van der Waals surface area contributed by atoms with E-state index in [1.165, 1.54) is 7.11 Å². The van der Waals surface area contributed by atoms with Crippen LogP contribution >= 0.6 is 0 Å². The minimum absolute atomic E-state index is 0.143. The Bertz CT molecular complexity index is 904. The summed E-state index contributed by atoms with van der Waals surface area (Å²) in [7, 11) is 1.49. The van der Waals surface area contributed by atoms with Crippen molar-refractivity contribution in [2.45, 2.75) is 20.8 Å². The third kappa shape index (κ3) is 3.01. The number of hydrogen-bond acceptors (Lipinski definition) is 5. The van der Waals surface area contributed by atoms with Crippen LogP contribution in [0.15, 0.2) is 47.7 Å². The highest BCUT2D eigenvalue weighted by Gasteiger charge is 2.31. The number of carbonyl (C=O) groups is 2. The standard InChI is InChI=1S/C20H18O5/c1-11(2)19-18(21)17-12(3)9-13(10-16(17)25-19)24-20(22)14-7-5-6-8-15(14)23-4/h5-10H,1-4H3. The first-order chi connectivity index (χ1) is 11.9. The van der Waals surface area contributed by atoms with Crippen LogP contribution in [0, 0.1) is 6.92 Å². The zero-order valence-corrected chi connectivity index (χ0v) is 14.5. The summed E-state index contributed by atoms with van der Waals surface area (Å²) >= 11 is 0. The van der Waals surface area contributed by atoms with Gasteiger partial charge in [0.05, 0.1) is 12.7 Å². The normalized spacial score (nSPS) is 12.5. The van der Waals surface area contributed by atoms with Crippen molar-refractivity contribution in [3.63, 3.8) is 0 Å². The van der Waals surface area contributed by atoms with E-state index in [1.54, 1.807) is 43.3 Å². The van der Waals surface area contributed by atoms with E-state index < -0.39 is 5.97 Å². The van der Waals surface area contributed by atoms with E-state index in [-0.39, 0.29) is 5.78 Å². The third-order valence-electron chi connectivity index (χ3n) is 3.91. The summed E-state index contributed by atoms with van der Waals surface area (Å²) in [5.41, 5.74) is 2.33. The average Bonchev–Trinajstić information content (AvgIpc) is 2.92. The number of allylic oxidation sites excluding steroid dienone is 2. The molecule has 1 aliphatic rings. The van der Waals surface area contributed by atoms with Crippen molar-refractivity contribution in [3.05, 3.63) is 64.4 Å². The van der Waals surface area contributed by atoms with Crippen LogP contribution in [0.5, 0.6) is 17.2 Å². The van der Waals surface area contributed by atoms with Gasteiger partial charge in [-0.05, 0) is 50.1 Å². The Morgan fingerprint density at radius 3 is 2.52 bits per heavy atom. The molecule has 0 radical (unpaired) electrons. The Kier molecular flexibility index (Phi) is 4.31. The number of fused-ring (bicyclic) bond motifs is 1. The molecule has 0 spiro atoms. The largest absolute Gasteiger partial charge is 0.496 e. The Balaban J connectivity index is 1.93.